The fourth-order valence-electron chi connectivity index (χ4n) is 3.24. The molecule has 0 saturated heterocycles. The molecule has 2 aliphatic carbocycles. The number of fused-ring (bicyclic) bond motifs is 3. The molecule has 0 fully saturated rings. The lowest BCUT2D eigenvalue weighted by molar-refractivity contribution is 0.0970. The molecule has 2 aliphatic rings. The molecule has 2 heteroatoms. The molecule has 17 heavy (non-hydrogen) atoms. The average molecular weight is 230 g/mol. The minimum absolute atomic E-state index is 0.336. The molecule has 0 amide bonds. The van der Waals surface area contributed by atoms with Gasteiger partial charge in [-0.1, -0.05) is 0 Å². The van der Waals surface area contributed by atoms with Gasteiger partial charge in [-0.2, -0.15) is 0 Å². The van der Waals surface area contributed by atoms with Gasteiger partial charge < -0.3 is 4.74 Å². The molecule has 0 spiro atoms. The Bertz CT molecular complexity index is 454. The maximum Gasteiger partial charge on any atom is 0.163 e. The van der Waals surface area contributed by atoms with E-state index < -0.39 is 0 Å². The molecule has 3 rings (SSSR count). The van der Waals surface area contributed by atoms with E-state index in [-0.39, 0.29) is 0 Å². The van der Waals surface area contributed by atoms with E-state index in [9.17, 15) is 4.79 Å². The van der Waals surface area contributed by atoms with Gasteiger partial charge in [0.1, 0.15) is 5.75 Å². The topological polar surface area (TPSA) is 26.3 Å². The summed E-state index contributed by atoms with van der Waals surface area (Å²) in [7, 11) is 1.71. The van der Waals surface area contributed by atoms with Gasteiger partial charge in [0.05, 0.1) is 7.11 Å². The van der Waals surface area contributed by atoms with Crippen molar-refractivity contribution in [2.75, 3.05) is 7.11 Å². The molecule has 0 radical (unpaired) electrons. The molecule has 0 atom stereocenters. The molecular formula is C15H18O2. The Morgan fingerprint density at radius 2 is 1.76 bits per heavy atom. The van der Waals surface area contributed by atoms with Crippen LogP contribution in [0.2, 0.25) is 0 Å². The molecule has 0 heterocycles. The predicted molar refractivity (Wildman–Crippen MR) is 66.9 cm³/mol. The lowest BCUT2D eigenvalue weighted by Crippen LogP contribution is -2.18. The van der Waals surface area contributed by atoms with Gasteiger partial charge >= 0.3 is 0 Å². The highest BCUT2D eigenvalue weighted by molar-refractivity contribution is 6.01. The van der Waals surface area contributed by atoms with Crippen molar-refractivity contribution in [3.63, 3.8) is 0 Å². The molecule has 2 nitrogen and oxygen atoms in total. The number of carbonyl (C=O) groups is 1. The van der Waals surface area contributed by atoms with Crippen LogP contribution in [-0.2, 0) is 19.3 Å². The Labute approximate surface area is 102 Å². The monoisotopic (exact) mass is 230 g/mol. The number of hydrogen-bond donors (Lipinski definition) is 0. The van der Waals surface area contributed by atoms with Crippen molar-refractivity contribution in [3.8, 4) is 5.75 Å². The van der Waals surface area contributed by atoms with E-state index in [0.29, 0.717) is 12.2 Å². The maximum absolute atomic E-state index is 12.2. The molecule has 90 valence electrons. The number of methoxy groups -OCH3 is 1. The highest BCUT2D eigenvalue weighted by atomic mass is 16.5. The Kier molecular flexibility index (Phi) is 2.65. The second kappa shape index (κ2) is 4.17. The summed E-state index contributed by atoms with van der Waals surface area (Å²) in [5.41, 5.74) is 4.87. The molecular weight excluding hydrogens is 212 g/mol. The summed E-state index contributed by atoms with van der Waals surface area (Å²) in [5.74, 6) is 1.28. The van der Waals surface area contributed by atoms with Crippen molar-refractivity contribution in [1.29, 1.82) is 0 Å². The third-order valence-electron chi connectivity index (χ3n) is 4.05. The lowest BCUT2D eigenvalue weighted by Gasteiger charge is -2.26. The predicted octanol–water partition coefficient (Wildman–Crippen LogP) is 3.09. The Balaban J connectivity index is 2.24. The van der Waals surface area contributed by atoms with Gasteiger partial charge in [-0.25, -0.2) is 0 Å². The fourth-order valence-corrected chi connectivity index (χ4v) is 3.24. The van der Waals surface area contributed by atoms with Crippen molar-refractivity contribution in [3.05, 3.63) is 28.3 Å². The Morgan fingerprint density at radius 3 is 2.59 bits per heavy atom. The number of hydrogen-bond acceptors (Lipinski definition) is 2. The van der Waals surface area contributed by atoms with E-state index in [1.807, 2.05) is 0 Å². The number of rotatable bonds is 1. The summed E-state index contributed by atoms with van der Waals surface area (Å²) in [4.78, 5) is 12.2. The van der Waals surface area contributed by atoms with Crippen LogP contribution in [-0.4, -0.2) is 12.9 Å². The van der Waals surface area contributed by atoms with Gasteiger partial charge in [0.25, 0.3) is 0 Å². The summed E-state index contributed by atoms with van der Waals surface area (Å²) >= 11 is 0. The van der Waals surface area contributed by atoms with Crippen LogP contribution in [0, 0.1) is 0 Å². The number of benzene rings is 1. The van der Waals surface area contributed by atoms with Gasteiger partial charge in [0.15, 0.2) is 5.78 Å². The van der Waals surface area contributed by atoms with E-state index >= 15 is 0 Å². The summed E-state index contributed by atoms with van der Waals surface area (Å²) in [5, 5.41) is 0. The van der Waals surface area contributed by atoms with E-state index in [1.54, 1.807) is 7.11 Å². The zero-order valence-electron chi connectivity index (χ0n) is 10.3. The molecule has 0 bridgehead atoms. The molecule has 0 saturated carbocycles. The first-order valence-electron chi connectivity index (χ1n) is 6.56. The second-order valence-corrected chi connectivity index (χ2v) is 5.05. The highest BCUT2D eigenvalue weighted by Crippen LogP contribution is 2.37. The van der Waals surface area contributed by atoms with E-state index in [0.717, 1.165) is 37.0 Å². The van der Waals surface area contributed by atoms with E-state index in [4.69, 9.17) is 4.74 Å². The Morgan fingerprint density at radius 1 is 1.00 bits per heavy atom. The highest BCUT2D eigenvalue weighted by Gasteiger charge is 2.27. The number of ether oxygens (including phenoxy) is 1. The summed E-state index contributed by atoms with van der Waals surface area (Å²) in [6.45, 7) is 0. The van der Waals surface area contributed by atoms with Gasteiger partial charge in [0.2, 0.25) is 0 Å². The molecule has 0 unspecified atom stereocenters. The van der Waals surface area contributed by atoms with Crippen molar-refractivity contribution in [1.82, 2.24) is 0 Å². The standard InChI is InChI=1S/C15H18O2/c1-17-14-9-10-5-2-3-6-11(10)15-12(14)7-4-8-13(15)16/h9H,2-8H2,1H3. The van der Waals surface area contributed by atoms with Crippen molar-refractivity contribution in [2.45, 2.75) is 44.9 Å². The quantitative estimate of drug-likeness (QED) is 0.741. The summed E-state index contributed by atoms with van der Waals surface area (Å²) in [6, 6.07) is 2.17. The van der Waals surface area contributed by atoms with Crippen LogP contribution in [0.3, 0.4) is 0 Å². The van der Waals surface area contributed by atoms with Gasteiger partial charge in [-0.05, 0) is 55.7 Å². The Hall–Kier alpha value is -1.31. The van der Waals surface area contributed by atoms with Crippen LogP contribution >= 0.6 is 0 Å². The number of ketones is 1. The normalized spacial score (nSPS) is 18.5. The largest absolute Gasteiger partial charge is 0.496 e. The fraction of sp³-hybridized carbons (Fsp3) is 0.533. The third-order valence-corrected chi connectivity index (χ3v) is 4.05. The van der Waals surface area contributed by atoms with Crippen LogP contribution in [0.4, 0.5) is 0 Å². The molecule has 0 aromatic heterocycles. The van der Waals surface area contributed by atoms with Crippen LogP contribution in [0.15, 0.2) is 6.07 Å². The number of carbonyl (C=O) groups excluding carboxylic acids is 1. The summed E-state index contributed by atoms with van der Waals surface area (Å²) in [6.07, 6.45) is 7.33. The zero-order valence-corrected chi connectivity index (χ0v) is 10.3. The first kappa shape index (κ1) is 10.8. The SMILES string of the molecule is COc1cc2c(c3c1CCCC3=O)CCCC2. The second-order valence-electron chi connectivity index (χ2n) is 5.05. The van der Waals surface area contributed by atoms with E-state index in [2.05, 4.69) is 6.07 Å². The maximum atomic E-state index is 12.2. The molecule has 0 N–H and O–H groups in total. The number of aryl methyl sites for hydroxylation is 1. The zero-order chi connectivity index (χ0) is 11.8. The number of Topliss-reactive ketones (excluding diaryl/α,β-unsaturated/α-hetero) is 1. The van der Waals surface area contributed by atoms with Gasteiger partial charge in [-0.15, -0.1) is 0 Å². The van der Waals surface area contributed by atoms with Crippen molar-refractivity contribution >= 4 is 5.78 Å². The first-order valence-corrected chi connectivity index (χ1v) is 6.56. The minimum Gasteiger partial charge on any atom is -0.496 e. The summed E-state index contributed by atoms with van der Waals surface area (Å²) < 4.78 is 5.47. The minimum atomic E-state index is 0.336. The molecule has 1 aromatic carbocycles. The van der Waals surface area contributed by atoms with E-state index in [1.165, 1.54) is 29.5 Å². The van der Waals surface area contributed by atoms with Crippen LogP contribution in [0.25, 0.3) is 0 Å². The molecule has 1 aromatic rings. The van der Waals surface area contributed by atoms with Crippen molar-refractivity contribution in [2.24, 2.45) is 0 Å². The lowest BCUT2D eigenvalue weighted by atomic mass is 9.79. The third kappa shape index (κ3) is 1.67. The van der Waals surface area contributed by atoms with Crippen LogP contribution in [0.5, 0.6) is 5.75 Å². The van der Waals surface area contributed by atoms with Crippen molar-refractivity contribution < 1.29 is 9.53 Å². The molecule has 0 aliphatic heterocycles. The first-order chi connectivity index (χ1) is 8.31. The van der Waals surface area contributed by atoms with Crippen LogP contribution < -0.4 is 4.74 Å². The smallest absolute Gasteiger partial charge is 0.163 e. The van der Waals surface area contributed by atoms with Crippen LogP contribution in [0.1, 0.15) is 52.7 Å². The van der Waals surface area contributed by atoms with Gasteiger partial charge in [-0.3, -0.25) is 4.79 Å². The average Bonchev–Trinajstić information content (AvgIpc) is 2.38. The van der Waals surface area contributed by atoms with Gasteiger partial charge in [0, 0.05) is 17.5 Å².